The molecule has 0 radical (unpaired) electrons. The number of hydrogen-bond donors (Lipinski definition) is 1. The molecule has 1 aromatic heterocycles. The van der Waals surface area contributed by atoms with Crippen molar-refractivity contribution in [3.63, 3.8) is 0 Å². The molecule has 0 bridgehead atoms. The summed E-state index contributed by atoms with van der Waals surface area (Å²) < 4.78 is 37.9. The molecule has 2 aromatic rings. The van der Waals surface area contributed by atoms with E-state index in [1.165, 1.54) is 6.07 Å². The summed E-state index contributed by atoms with van der Waals surface area (Å²) in [6.45, 7) is 0. The van der Waals surface area contributed by atoms with Crippen LogP contribution in [0.3, 0.4) is 0 Å². The lowest BCUT2D eigenvalue weighted by atomic mass is 10.2. The van der Waals surface area contributed by atoms with Gasteiger partial charge in [-0.15, -0.1) is 11.3 Å². The highest BCUT2D eigenvalue weighted by atomic mass is 32.1. The Hall–Kier alpha value is -1.07. The van der Waals surface area contributed by atoms with Gasteiger partial charge in [-0.25, -0.2) is 0 Å². The smallest absolute Gasteiger partial charge is 0.316 e. The molecule has 1 aromatic carbocycles. The van der Waals surface area contributed by atoms with E-state index in [0.29, 0.717) is 0 Å². The lowest BCUT2D eigenvalue weighted by Crippen LogP contribution is -2.27. The summed E-state index contributed by atoms with van der Waals surface area (Å²) in [5.74, 6) is 0. The van der Waals surface area contributed by atoms with Crippen molar-refractivity contribution in [1.29, 1.82) is 0 Å². The predicted octanol–water partition coefficient (Wildman–Crippen LogP) is 3.46. The van der Waals surface area contributed by atoms with E-state index in [4.69, 9.17) is 5.73 Å². The van der Waals surface area contributed by atoms with E-state index in [0.717, 1.165) is 21.4 Å². The van der Waals surface area contributed by atoms with Crippen LogP contribution in [-0.4, -0.2) is 6.18 Å². The molecule has 1 nitrogen and oxygen atoms in total. The first-order valence-corrected chi connectivity index (χ1v) is 5.11. The van der Waals surface area contributed by atoms with E-state index in [9.17, 15) is 13.2 Å². The van der Waals surface area contributed by atoms with Crippen LogP contribution in [0.4, 0.5) is 13.2 Å². The normalized spacial score (nSPS) is 14.4. The van der Waals surface area contributed by atoms with Gasteiger partial charge >= 0.3 is 6.18 Å². The van der Waals surface area contributed by atoms with Crippen LogP contribution in [0.15, 0.2) is 30.3 Å². The van der Waals surface area contributed by atoms with Crippen molar-refractivity contribution in [3.05, 3.63) is 35.2 Å². The Bertz CT molecular complexity index is 442. The van der Waals surface area contributed by atoms with Crippen LogP contribution in [0, 0.1) is 0 Å². The molecule has 80 valence electrons. The fourth-order valence-corrected chi connectivity index (χ4v) is 2.41. The molecule has 0 aliphatic rings. The monoisotopic (exact) mass is 231 g/mol. The Morgan fingerprint density at radius 3 is 2.47 bits per heavy atom. The van der Waals surface area contributed by atoms with Crippen molar-refractivity contribution in [2.45, 2.75) is 12.2 Å². The number of nitrogens with two attached hydrogens (primary N) is 1. The van der Waals surface area contributed by atoms with Crippen molar-refractivity contribution in [2.24, 2.45) is 5.73 Å². The standard InChI is InChI=1S/C10H8F3NS/c11-10(12,13)9(14)8-5-6-3-1-2-4-7(6)15-8/h1-5,9H,14H2. The van der Waals surface area contributed by atoms with Crippen molar-refractivity contribution < 1.29 is 13.2 Å². The van der Waals surface area contributed by atoms with Crippen LogP contribution in [0.1, 0.15) is 10.9 Å². The highest BCUT2D eigenvalue weighted by Gasteiger charge is 2.38. The molecule has 0 saturated heterocycles. The number of benzene rings is 1. The molecule has 1 unspecified atom stereocenters. The second-order valence-electron chi connectivity index (χ2n) is 3.21. The average Bonchev–Trinajstić information content (AvgIpc) is 2.58. The molecule has 0 aliphatic heterocycles. The Labute approximate surface area is 88.3 Å². The summed E-state index contributed by atoms with van der Waals surface area (Å²) in [6, 6.07) is 6.76. The zero-order valence-electron chi connectivity index (χ0n) is 7.58. The fraction of sp³-hybridized carbons (Fsp3) is 0.200. The third-order valence-electron chi connectivity index (χ3n) is 2.10. The third-order valence-corrected chi connectivity index (χ3v) is 3.30. The molecule has 1 atom stereocenters. The van der Waals surface area contributed by atoms with Gasteiger partial charge in [0, 0.05) is 9.58 Å². The van der Waals surface area contributed by atoms with Crippen LogP contribution in [-0.2, 0) is 0 Å². The van der Waals surface area contributed by atoms with Crippen molar-refractivity contribution in [1.82, 2.24) is 0 Å². The van der Waals surface area contributed by atoms with Gasteiger partial charge in [-0.3, -0.25) is 0 Å². The molecule has 5 heteroatoms. The molecule has 1 heterocycles. The van der Waals surface area contributed by atoms with Gasteiger partial charge in [0.2, 0.25) is 0 Å². The minimum absolute atomic E-state index is 0.156. The molecular weight excluding hydrogens is 223 g/mol. The van der Waals surface area contributed by atoms with E-state index < -0.39 is 12.2 Å². The number of fused-ring (bicyclic) bond motifs is 1. The topological polar surface area (TPSA) is 26.0 Å². The van der Waals surface area contributed by atoms with Gasteiger partial charge in [0.1, 0.15) is 6.04 Å². The third kappa shape index (κ3) is 1.98. The van der Waals surface area contributed by atoms with E-state index >= 15 is 0 Å². The van der Waals surface area contributed by atoms with E-state index in [-0.39, 0.29) is 4.88 Å². The van der Waals surface area contributed by atoms with Crippen LogP contribution in [0.5, 0.6) is 0 Å². The second-order valence-corrected chi connectivity index (χ2v) is 4.32. The number of hydrogen-bond acceptors (Lipinski definition) is 2. The largest absolute Gasteiger partial charge is 0.408 e. The molecule has 0 aliphatic carbocycles. The second kappa shape index (κ2) is 3.50. The molecular formula is C10H8F3NS. The predicted molar refractivity (Wildman–Crippen MR) is 54.8 cm³/mol. The number of alkyl halides is 3. The van der Waals surface area contributed by atoms with Crippen LogP contribution < -0.4 is 5.73 Å². The van der Waals surface area contributed by atoms with Gasteiger partial charge < -0.3 is 5.73 Å². The quantitative estimate of drug-likeness (QED) is 0.799. The number of halogens is 3. The summed E-state index contributed by atoms with van der Waals surface area (Å²) in [7, 11) is 0. The van der Waals surface area contributed by atoms with Crippen LogP contribution >= 0.6 is 11.3 Å². The zero-order chi connectivity index (χ0) is 11.1. The Balaban J connectivity index is 2.45. The van der Waals surface area contributed by atoms with Gasteiger partial charge in [0.05, 0.1) is 0 Å². The first kappa shape index (κ1) is 10.4. The molecule has 0 saturated carbocycles. The minimum Gasteiger partial charge on any atom is -0.316 e. The van der Waals surface area contributed by atoms with E-state index in [1.807, 2.05) is 0 Å². The first-order chi connectivity index (χ1) is 6.98. The van der Waals surface area contributed by atoms with E-state index in [2.05, 4.69) is 0 Å². The molecule has 2 rings (SSSR count). The lowest BCUT2D eigenvalue weighted by Gasteiger charge is -2.12. The molecule has 2 N–H and O–H groups in total. The number of thiophene rings is 1. The summed E-state index contributed by atoms with van der Waals surface area (Å²) in [6.07, 6.45) is -4.37. The molecule has 0 fully saturated rings. The van der Waals surface area contributed by atoms with Gasteiger partial charge in [0.25, 0.3) is 0 Å². The first-order valence-electron chi connectivity index (χ1n) is 4.29. The summed E-state index contributed by atoms with van der Waals surface area (Å²) in [4.78, 5) is 0.156. The van der Waals surface area contributed by atoms with Crippen molar-refractivity contribution in [3.8, 4) is 0 Å². The SMILES string of the molecule is NC(c1cc2ccccc2s1)C(F)(F)F. The molecule has 0 spiro atoms. The highest BCUT2D eigenvalue weighted by Crippen LogP contribution is 2.36. The Kier molecular flexibility index (Phi) is 2.44. The fourth-order valence-electron chi connectivity index (χ4n) is 1.32. The summed E-state index contributed by atoms with van der Waals surface area (Å²) in [5, 5.41) is 0.803. The van der Waals surface area contributed by atoms with Crippen LogP contribution in [0.25, 0.3) is 10.1 Å². The van der Waals surface area contributed by atoms with Crippen molar-refractivity contribution in [2.75, 3.05) is 0 Å². The number of rotatable bonds is 1. The maximum Gasteiger partial charge on any atom is 0.408 e. The zero-order valence-corrected chi connectivity index (χ0v) is 8.40. The van der Waals surface area contributed by atoms with Gasteiger partial charge in [-0.2, -0.15) is 13.2 Å². The minimum atomic E-state index is -4.37. The summed E-state index contributed by atoms with van der Waals surface area (Å²) in [5.41, 5.74) is 5.12. The average molecular weight is 231 g/mol. The van der Waals surface area contributed by atoms with Crippen LogP contribution in [0.2, 0.25) is 0 Å². The van der Waals surface area contributed by atoms with Gasteiger partial charge in [0.15, 0.2) is 0 Å². The maximum atomic E-state index is 12.3. The molecule has 15 heavy (non-hydrogen) atoms. The maximum absolute atomic E-state index is 12.3. The van der Waals surface area contributed by atoms with Crippen molar-refractivity contribution >= 4 is 21.4 Å². The summed E-state index contributed by atoms with van der Waals surface area (Å²) >= 11 is 1.09. The van der Waals surface area contributed by atoms with Gasteiger partial charge in [-0.05, 0) is 17.5 Å². The lowest BCUT2D eigenvalue weighted by molar-refractivity contribution is -0.148. The Morgan fingerprint density at radius 1 is 1.20 bits per heavy atom. The van der Waals surface area contributed by atoms with E-state index in [1.54, 1.807) is 24.3 Å². The highest BCUT2D eigenvalue weighted by molar-refractivity contribution is 7.19. The molecule has 0 amide bonds. The Morgan fingerprint density at radius 2 is 1.87 bits per heavy atom. The van der Waals surface area contributed by atoms with Gasteiger partial charge in [-0.1, -0.05) is 18.2 Å².